The molecule has 0 saturated carbocycles. The largest absolute Gasteiger partial charge is 0.265 e. The van der Waals surface area contributed by atoms with E-state index in [2.05, 4.69) is 214 Å². The lowest BCUT2D eigenvalue weighted by Crippen LogP contribution is -1.88. The summed E-state index contributed by atoms with van der Waals surface area (Å²) in [7, 11) is 0. The van der Waals surface area contributed by atoms with E-state index in [1.165, 1.54) is 32.7 Å². The summed E-state index contributed by atoms with van der Waals surface area (Å²) in [5.74, 6) is 5.35. The van der Waals surface area contributed by atoms with Gasteiger partial charge >= 0.3 is 0 Å². The Hall–Kier alpha value is -4.17. The summed E-state index contributed by atoms with van der Waals surface area (Å²) in [5, 5.41) is 10.8. The topological polar surface area (TPSA) is 38.7 Å². The molecule has 521 valence electrons. The van der Waals surface area contributed by atoms with Gasteiger partial charge in [0.15, 0.2) is 0 Å². The zero-order valence-corrected chi connectivity index (χ0v) is 61.7. The van der Waals surface area contributed by atoms with Crippen LogP contribution in [0.1, 0.15) is 360 Å². The Bertz CT molecular complexity index is 1690. The van der Waals surface area contributed by atoms with Crippen molar-refractivity contribution in [1.82, 2.24) is 15.0 Å². The van der Waals surface area contributed by atoms with Gasteiger partial charge in [0.1, 0.15) is 0 Å². The molecule has 0 fully saturated rings. The molecule has 6 aromatic heterocycles. The van der Waals surface area contributed by atoms with Gasteiger partial charge < -0.3 is 0 Å². The Labute approximate surface area is 574 Å². The van der Waals surface area contributed by atoms with Gasteiger partial charge in [-0.15, -0.1) is 11.3 Å². The molecule has 1 aromatic carbocycles. The number of benzene rings is 1. The number of hydrogen-bond donors (Lipinski definition) is 0. The minimum atomic E-state index is 0. The van der Waals surface area contributed by atoms with Crippen LogP contribution >= 0.6 is 34.0 Å². The Balaban J connectivity index is -0.0000000419. The highest BCUT2D eigenvalue weighted by atomic mass is 32.1. The number of aromatic nitrogens is 3. The molecule has 0 saturated heterocycles. The van der Waals surface area contributed by atoms with Gasteiger partial charge in [0, 0.05) is 50.0 Å². The SMILES string of the molecule is C.C.C.C.C.C.C.CC.CC.CC.CC.CC.CC.CC.CC.CC(C)C.CC(C)c1ccccc1.CC(C)c1ccccn1.CC(C)c1cccnc1.CC(C)c1cccs1.CC(C)c1ccncc1.CC(C)c1ccsc1.CC(C)c1ccsc1.[B]. The van der Waals surface area contributed by atoms with Crippen molar-refractivity contribution in [3.8, 4) is 0 Å². The van der Waals surface area contributed by atoms with Gasteiger partial charge in [-0.05, 0) is 151 Å². The fourth-order valence-electron chi connectivity index (χ4n) is 4.85. The normalized spacial score (nSPS) is 7.92. The van der Waals surface area contributed by atoms with Gasteiger partial charge in [-0.1, -0.05) is 329 Å². The maximum Gasteiger partial charge on any atom is 0.0428 e. The van der Waals surface area contributed by atoms with Crippen molar-refractivity contribution in [2.45, 2.75) is 322 Å². The summed E-state index contributed by atoms with van der Waals surface area (Å²) in [6, 6.07) is 33.3. The van der Waals surface area contributed by atoms with E-state index in [0.29, 0.717) is 41.4 Å². The molecular formula is C81H161BN3S3. The standard InChI is InChI=1S/C9H12.3C8H11N.3C7H10S.C4H10.8C2H6.7CH4.B/c1-8(2)9-6-4-3-5-7-9;1-7(2)8-3-5-9-6-4-8;1-7(2)8-4-3-5-9-6-8;1-7(2)8-5-3-4-6-9-8;2*1-6(2)7-3-4-8-5-7;1-6(2)7-4-3-5-8-7;1-4(2)3;8*1-2;;;;;;;;/h3-8H,1-2H3;3*3-7H,1-2H3;3*3-6H,1-2H3;4H,1-3H3;8*1-2H3;7*1H4;. The first-order chi connectivity index (χ1) is 38.4. The van der Waals surface area contributed by atoms with Crippen molar-refractivity contribution in [1.29, 1.82) is 0 Å². The first-order valence-corrected chi connectivity index (χ1v) is 34.0. The minimum Gasteiger partial charge on any atom is -0.265 e. The molecule has 3 nitrogen and oxygen atoms in total. The van der Waals surface area contributed by atoms with Crippen molar-refractivity contribution in [2.75, 3.05) is 0 Å². The number of nitrogens with zero attached hydrogens (tertiary/aromatic N) is 3. The van der Waals surface area contributed by atoms with E-state index in [9.17, 15) is 0 Å². The average molecular weight is 1280 g/mol. The van der Waals surface area contributed by atoms with Gasteiger partial charge in [0.05, 0.1) is 0 Å². The maximum absolute atomic E-state index is 4.18. The summed E-state index contributed by atoms with van der Waals surface area (Å²) < 4.78 is 0. The summed E-state index contributed by atoms with van der Waals surface area (Å²) in [5.41, 5.74) is 8.14. The second-order valence-electron chi connectivity index (χ2n) is 18.2. The summed E-state index contributed by atoms with van der Waals surface area (Å²) in [6.45, 7) is 69.1. The summed E-state index contributed by atoms with van der Waals surface area (Å²) >= 11 is 5.37. The quantitative estimate of drug-likeness (QED) is 0.149. The molecule has 0 spiro atoms. The van der Waals surface area contributed by atoms with Crippen LogP contribution < -0.4 is 0 Å². The summed E-state index contributed by atoms with van der Waals surface area (Å²) in [6.07, 6.45) is 9.19. The number of thiophene rings is 3. The lowest BCUT2D eigenvalue weighted by molar-refractivity contribution is 0.737. The first-order valence-electron chi connectivity index (χ1n) is 31.2. The van der Waals surface area contributed by atoms with Crippen molar-refractivity contribution in [2.24, 2.45) is 5.92 Å². The van der Waals surface area contributed by atoms with Crippen molar-refractivity contribution in [3.63, 3.8) is 0 Å². The highest BCUT2D eigenvalue weighted by molar-refractivity contribution is 7.10. The third kappa shape index (κ3) is 90.6. The predicted octanol–water partition coefficient (Wildman–Crippen LogP) is 32.0. The molecule has 3 radical (unpaired) electrons. The third-order valence-electron chi connectivity index (χ3n) is 9.00. The second-order valence-corrected chi connectivity index (χ2v) is 20.7. The van der Waals surface area contributed by atoms with Crippen LogP contribution in [-0.4, -0.2) is 23.4 Å². The van der Waals surface area contributed by atoms with E-state index in [-0.39, 0.29) is 60.4 Å². The van der Waals surface area contributed by atoms with Crippen molar-refractivity contribution >= 4 is 42.4 Å². The van der Waals surface area contributed by atoms with Crippen LogP contribution in [0, 0.1) is 5.92 Å². The van der Waals surface area contributed by atoms with Crippen LogP contribution in [0.5, 0.6) is 0 Å². The molecule has 0 aliphatic heterocycles. The van der Waals surface area contributed by atoms with Crippen LogP contribution in [0.3, 0.4) is 0 Å². The first kappa shape index (κ1) is 129. The Morgan fingerprint density at radius 2 is 0.625 bits per heavy atom. The van der Waals surface area contributed by atoms with E-state index in [1.807, 2.05) is 189 Å². The number of pyridine rings is 3. The van der Waals surface area contributed by atoms with Crippen LogP contribution in [0.25, 0.3) is 0 Å². The van der Waals surface area contributed by atoms with Crippen LogP contribution in [-0.2, 0) is 0 Å². The third-order valence-corrected chi connectivity index (χ3v) is 11.6. The Morgan fingerprint density at radius 3 is 0.807 bits per heavy atom. The molecule has 0 N–H and O–H groups in total. The van der Waals surface area contributed by atoms with E-state index < -0.39 is 0 Å². The van der Waals surface area contributed by atoms with Crippen LogP contribution in [0.15, 0.2) is 155 Å². The van der Waals surface area contributed by atoms with E-state index in [4.69, 9.17) is 0 Å². The Morgan fingerprint density at radius 1 is 0.284 bits per heavy atom. The van der Waals surface area contributed by atoms with Crippen LogP contribution in [0.2, 0.25) is 0 Å². The van der Waals surface area contributed by atoms with E-state index in [1.54, 1.807) is 28.9 Å². The number of hydrogen-bond acceptors (Lipinski definition) is 6. The van der Waals surface area contributed by atoms with Gasteiger partial charge in [0.2, 0.25) is 0 Å². The molecule has 88 heavy (non-hydrogen) atoms. The monoisotopic (exact) mass is 1280 g/mol. The fourth-order valence-corrected chi connectivity index (χ4v) is 7.24. The summed E-state index contributed by atoms with van der Waals surface area (Å²) in [4.78, 5) is 13.6. The zero-order valence-electron chi connectivity index (χ0n) is 59.3. The number of rotatable bonds is 7. The second kappa shape index (κ2) is 105. The highest BCUT2D eigenvalue weighted by Gasteiger charge is 1.99. The fraction of sp³-hybridized carbons (Fsp3) is 0.593. The maximum atomic E-state index is 4.18. The Kier molecular flexibility index (Phi) is 153. The molecule has 0 atom stereocenters. The van der Waals surface area contributed by atoms with E-state index >= 15 is 0 Å². The molecule has 0 bridgehead atoms. The minimum absolute atomic E-state index is 0. The van der Waals surface area contributed by atoms with Crippen LogP contribution in [0.4, 0.5) is 0 Å². The smallest absolute Gasteiger partial charge is 0.0428 e. The molecule has 0 aliphatic carbocycles. The predicted molar refractivity (Wildman–Crippen MR) is 435 cm³/mol. The van der Waals surface area contributed by atoms with Gasteiger partial charge in [0.25, 0.3) is 0 Å². The van der Waals surface area contributed by atoms with E-state index in [0.717, 1.165) is 11.6 Å². The van der Waals surface area contributed by atoms with Crippen molar-refractivity contribution < 1.29 is 0 Å². The average Bonchev–Trinajstić information content (AvgIpc) is 4.37. The molecule has 7 aromatic rings. The molecule has 7 heteroatoms. The molecule has 6 heterocycles. The molecule has 0 aliphatic rings. The zero-order chi connectivity index (χ0) is 64.3. The van der Waals surface area contributed by atoms with Gasteiger partial charge in [-0.25, -0.2) is 0 Å². The van der Waals surface area contributed by atoms with Gasteiger partial charge in [-0.2, -0.15) is 22.7 Å². The molecule has 0 unspecified atom stereocenters. The lowest BCUT2D eigenvalue weighted by Gasteiger charge is -2.01. The lowest BCUT2D eigenvalue weighted by atomic mass is 10.0. The molecular weight excluding hydrogens is 1120 g/mol. The van der Waals surface area contributed by atoms with Crippen molar-refractivity contribution in [3.05, 3.63) is 193 Å². The van der Waals surface area contributed by atoms with Gasteiger partial charge in [-0.3, -0.25) is 15.0 Å². The highest BCUT2D eigenvalue weighted by Crippen LogP contribution is 2.19. The molecule has 0 amide bonds. The molecule has 7 rings (SSSR count).